The number of unbranched alkanes of at least 4 members (excludes halogenated alkanes) is 1. The molecule has 2 nitrogen and oxygen atoms in total. The van der Waals surface area contributed by atoms with Gasteiger partial charge in [-0.3, -0.25) is 4.79 Å². The molecule has 1 aliphatic rings. The van der Waals surface area contributed by atoms with Crippen LogP contribution in [0.25, 0.3) is 0 Å². The summed E-state index contributed by atoms with van der Waals surface area (Å²) in [5, 5.41) is 3.36. The summed E-state index contributed by atoms with van der Waals surface area (Å²) in [6.07, 6.45) is 3.57. The van der Waals surface area contributed by atoms with E-state index in [1.165, 1.54) is 11.3 Å². The summed E-state index contributed by atoms with van der Waals surface area (Å²) in [6, 6.07) is 8.31. The Morgan fingerprint density at radius 1 is 1.44 bits per heavy atom. The van der Waals surface area contributed by atoms with E-state index in [9.17, 15) is 4.79 Å². The number of hydrogen-bond donors (Lipinski definition) is 1. The Hall–Kier alpha value is -1.31. The molecule has 1 N–H and O–H groups in total. The summed E-state index contributed by atoms with van der Waals surface area (Å²) in [7, 11) is 0. The van der Waals surface area contributed by atoms with Crippen molar-refractivity contribution in [2.24, 2.45) is 0 Å². The van der Waals surface area contributed by atoms with E-state index in [2.05, 4.69) is 30.4 Å². The van der Waals surface area contributed by atoms with E-state index in [1.807, 2.05) is 6.07 Å². The summed E-state index contributed by atoms with van der Waals surface area (Å²) in [5.74, 6) is 0.797. The van der Waals surface area contributed by atoms with Crippen molar-refractivity contribution < 1.29 is 4.79 Å². The van der Waals surface area contributed by atoms with E-state index in [-0.39, 0.29) is 0 Å². The molecule has 1 aromatic rings. The number of nitrogens with one attached hydrogen (secondary N) is 1. The molecule has 2 heteroatoms. The lowest BCUT2D eigenvalue weighted by molar-refractivity contribution is -0.119. The van der Waals surface area contributed by atoms with Crippen molar-refractivity contribution in [1.82, 2.24) is 0 Å². The fourth-order valence-corrected chi connectivity index (χ4v) is 2.29. The summed E-state index contributed by atoms with van der Waals surface area (Å²) in [6.45, 7) is 3.04. The highest BCUT2D eigenvalue weighted by Gasteiger charge is 2.23. The number of benzene rings is 1. The third-order valence-corrected chi connectivity index (χ3v) is 3.22. The van der Waals surface area contributed by atoms with Gasteiger partial charge in [0.15, 0.2) is 0 Å². The molecule has 2 rings (SSSR count). The molecular formula is C14H19NO. The number of rotatable bonds is 5. The van der Waals surface area contributed by atoms with Crippen molar-refractivity contribution >= 4 is 11.5 Å². The average molecular weight is 217 g/mol. The summed E-state index contributed by atoms with van der Waals surface area (Å²) in [5.41, 5.74) is 2.52. The van der Waals surface area contributed by atoms with E-state index in [1.54, 1.807) is 0 Å². The van der Waals surface area contributed by atoms with Gasteiger partial charge in [-0.2, -0.15) is 0 Å². The second-order valence-electron chi connectivity index (χ2n) is 4.51. The van der Waals surface area contributed by atoms with Crippen molar-refractivity contribution in [3.05, 3.63) is 29.8 Å². The van der Waals surface area contributed by atoms with Crippen LogP contribution in [-0.2, 0) is 4.79 Å². The highest BCUT2D eigenvalue weighted by atomic mass is 16.1. The molecule has 16 heavy (non-hydrogen) atoms. The lowest BCUT2D eigenvalue weighted by Crippen LogP contribution is -2.08. The third-order valence-electron chi connectivity index (χ3n) is 3.22. The summed E-state index contributed by atoms with van der Waals surface area (Å²) in [4.78, 5) is 11.7. The second kappa shape index (κ2) is 5.15. The molecule has 1 atom stereocenters. The van der Waals surface area contributed by atoms with Crippen LogP contribution in [0.15, 0.2) is 24.3 Å². The maximum absolute atomic E-state index is 11.7. The summed E-state index contributed by atoms with van der Waals surface area (Å²) < 4.78 is 0. The minimum absolute atomic E-state index is 0.389. The zero-order valence-electron chi connectivity index (χ0n) is 9.83. The number of fused-ring (bicyclic) bond motifs is 1. The fraction of sp³-hybridized carbons (Fsp3) is 0.500. The highest BCUT2D eigenvalue weighted by Crippen LogP contribution is 2.33. The van der Waals surface area contributed by atoms with Crippen LogP contribution < -0.4 is 5.32 Å². The number of hydrogen-bond acceptors (Lipinski definition) is 2. The van der Waals surface area contributed by atoms with E-state index in [4.69, 9.17) is 0 Å². The molecule has 0 radical (unpaired) electrons. The maximum Gasteiger partial charge on any atom is 0.133 e. The van der Waals surface area contributed by atoms with E-state index in [0.717, 1.165) is 25.8 Å². The normalized spacial score (nSPS) is 17.9. The smallest absolute Gasteiger partial charge is 0.133 e. The van der Waals surface area contributed by atoms with Gasteiger partial charge in [0.25, 0.3) is 0 Å². The predicted molar refractivity (Wildman–Crippen MR) is 66.8 cm³/mol. The van der Waals surface area contributed by atoms with Gasteiger partial charge in [0.05, 0.1) is 0 Å². The highest BCUT2D eigenvalue weighted by molar-refractivity contribution is 5.80. The molecule has 0 bridgehead atoms. The van der Waals surface area contributed by atoms with Gasteiger partial charge < -0.3 is 5.32 Å². The molecule has 0 fully saturated rings. The lowest BCUT2D eigenvalue weighted by atomic mass is 9.94. The molecule has 1 unspecified atom stereocenters. The van der Waals surface area contributed by atoms with Gasteiger partial charge in [-0.05, 0) is 18.1 Å². The number of para-hydroxylation sites is 1. The average Bonchev–Trinajstić information content (AvgIpc) is 2.70. The van der Waals surface area contributed by atoms with Crippen LogP contribution in [0, 0.1) is 0 Å². The number of Topliss-reactive ketones (excluding diaryl/α,β-unsaturated/α-hetero) is 1. The first-order valence-corrected chi connectivity index (χ1v) is 6.15. The number of carbonyl (C=O) groups excluding carboxylic acids is 1. The van der Waals surface area contributed by atoms with Crippen LogP contribution in [0.3, 0.4) is 0 Å². The molecule has 1 heterocycles. The van der Waals surface area contributed by atoms with Gasteiger partial charge in [0.2, 0.25) is 0 Å². The fourth-order valence-electron chi connectivity index (χ4n) is 2.29. The van der Waals surface area contributed by atoms with Crippen molar-refractivity contribution in [2.45, 2.75) is 38.5 Å². The van der Waals surface area contributed by atoms with Crippen LogP contribution in [0.5, 0.6) is 0 Å². The molecule has 0 saturated heterocycles. The Balaban J connectivity index is 1.95. The minimum Gasteiger partial charge on any atom is -0.384 e. The lowest BCUT2D eigenvalue weighted by Gasteiger charge is -2.08. The van der Waals surface area contributed by atoms with Crippen LogP contribution in [0.1, 0.15) is 44.1 Å². The number of anilines is 1. The Bertz CT molecular complexity index is 373. The Kier molecular flexibility index (Phi) is 3.60. The Labute approximate surface area is 97.1 Å². The van der Waals surface area contributed by atoms with Crippen molar-refractivity contribution in [1.29, 1.82) is 0 Å². The van der Waals surface area contributed by atoms with E-state index < -0.39 is 0 Å². The SMILES string of the molecule is CCCCC(=O)CC1CNc2ccccc21. The number of carbonyl (C=O) groups is 1. The van der Waals surface area contributed by atoms with Gasteiger partial charge >= 0.3 is 0 Å². The first-order valence-electron chi connectivity index (χ1n) is 6.15. The third kappa shape index (κ3) is 2.43. The van der Waals surface area contributed by atoms with Crippen molar-refractivity contribution in [2.75, 3.05) is 11.9 Å². The van der Waals surface area contributed by atoms with E-state index >= 15 is 0 Å². The van der Waals surface area contributed by atoms with Gasteiger partial charge in [-0.25, -0.2) is 0 Å². The molecule has 1 aromatic carbocycles. The monoisotopic (exact) mass is 217 g/mol. The van der Waals surface area contributed by atoms with Gasteiger partial charge in [-0.15, -0.1) is 0 Å². The van der Waals surface area contributed by atoms with Crippen LogP contribution in [0.2, 0.25) is 0 Å². The zero-order valence-corrected chi connectivity index (χ0v) is 9.83. The second-order valence-corrected chi connectivity index (χ2v) is 4.51. The van der Waals surface area contributed by atoms with Crippen LogP contribution >= 0.6 is 0 Å². The zero-order chi connectivity index (χ0) is 11.4. The largest absolute Gasteiger partial charge is 0.384 e. The predicted octanol–water partition coefficient (Wildman–Crippen LogP) is 3.35. The van der Waals surface area contributed by atoms with Gasteiger partial charge in [0.1, 0.15) is 5.78 Å². The van der Waals surface area contributed by atoms with Crippen LogP contribution in [-0.4, -0.2) is 12.3 Å². The Morgan fingerprint density at radius 2 is 2.25 bits per heavy atom. The van der Waals surface area contributed by atoms with Gasteiger partial charge in [0, 0.05) is 31.0 Å². The molecule has 86 valence electrons. The topological polar surface area (TPSA) is 29.1 Å². The molecular weight excluding hydrogens is 198 g/mol. The quantitative estimate of drug-likeness (QED) is 0.819. The Morgan fingerprint density at radius 3 is 3.06 bits per heavy atom. The van der Waals surface area contributed by atoms with Gasteiger partial charge in [-0.1, -0.05) is 31.5 Å². The van der Waals surface area contributed by atoms with E-state index in [0.29, 0.717) is 18.1 Å². The van der Waals surface area contributed by atoms with Crippen LogP contribution in [0.4, 0.5) is 5.69 Å². The number of ketones is 1. The first kappa shape index (κ1) is 11.2. The molecule has 0 amide bonds. The molecule has 0 aromatic heterocycles. The molecule has 0 aliphatic carbocycles. The standard InChI is InChI=1S/C14H19NO/c1-2-3-6-12(16)9-11-10-15-14-8-5-4-7-13(11)14/h4-5,7-8,11,15H,2-3,6,9-10H2,1H3. The van der Waals surface area contributed by atoms with Crippen molar-refractivity contribution in [3.8, 4) is 0 Å². The molecule has 0 spiro atoms. The summed E-state index contributed by atoms with van der Waals surface area (Å²) >= 11 is 0. The minimum atomic E-state index is 0.389. The first-order chi connectivity index (χ1) is 7.81. The maximum atomic E-state index is 11.7. The molecule has 0 saturated carbocycles. The van der Waals surface area contributed by atoms with Crippen molar-refractivity contribution in [3.63, 3.8) is 0 Å². The molecule has 1 aliphatic heterocycles.